The molecule has 0 aliphatic heterocycles. The number of halogens is 4. The lowest BCUT2D eigenvalue weighted by Crippen LogP contribution is -2.30. The summed E-state index contributed by atoms with van der Waals surface area (Å²) in [5, 5.41) is 2.73. The highest BCUT2D eigenvalue weighted by Crippen LogP contribution is 2.34. The highest BCUT2D eigenvalue weighted by Gasteiger charge is 2.31. The van der Waals surface area contributed by atoms with E-state index in [-0.39, 0.29) is 22.6 Å². The number of amides is 1. The third-order valence-electron chi connectivity index (χ3n) is 3.49. The van der Waals surface area contributed by atoms with Crippen molar-refractivity contribution in [1.82, 2.24) is 14.9 Å². The van der Waals surface area contributed by atoms with Gasteiger partial charge in [-0.2, -0.15) is 13.2 Å². The zero-order valence-corrected chi connectivity index (χ0v) is 14.3. The molecule has 1 amide bonds. The number of nitrogens with zero attached hydrogens (tertiary/aromatic N) is 3. The van der Waals surface area contributed by atoms with Gasteiger partial charge in [-0.15, -0.1) is 0 Å². The summed E-state index contributed by atoms with van der Waals surface area (Å²) in [5.74, 6) is -0.175. The summed E-state index contributed by atoms with van der Waals surface area (Å²) in [5.41, 5.74) is -0.517. The van der Waals surface area contributed by atoms with Gasteiger partial charge < -0.3 is 10.2 Å². The van der Waals surface area contributed by atoms with E-state index in [4.69, 9.17) is 11.6 Å². The number of carbonyl (C=O) groups is 1. The lowest BCUT2D eigenvalue weighted by molar-refractivity contribution is -0.137. The van der Waals surface area contributed by atoms with Gasteiger partial charge in [0, 0.05) is 25.5 Å². The third-order valence-corrected chi connectivity index (χ3v) is 3.82. The van der Waals surface area contributed by atoms with E-state index in [9.17, 15) is 18.0 Å². The summed E-state index contributed by atoms with van der Waals surface area (Å²) in [6.45, 7) is 4.81. The van der Waals surface area contributed by atoms with Crippen LogP contribution in [0.5, 0.6) is 0 Å². The Hall–Kier alpha value is -2.35. The Bertz CT molecular complexity index is 746. The van der Waals surface area contributed by atoms with Crippen LogP contribution in [0.2, 0.25) is 5.02 Å². The first kappa shape index (κ1) is 19.0. The second-order valence-corrected chi connectivity index (χ2v) is 5.50. The predicted molar refractivity (Wildman–Crippen MR) is 89.0 cm³/mol. The molecule has 134 valence electrons. The largest absolute Gasteiger partial charge is 0.416 e. The molecule has 0 atom stereocenters. The molecule has 25 heavy (non-hydrogen) atoms. The standard InChI is InChI=1S/C16H16ClF3N4O/c1-3-24(4-2)14(25)10-8-21-15(22-9-10)23-13-7-11(16(18,19)20)5-6-12(13)17/h5-9H,3-4H2,1-2H3,(H,21,22,23). The van der Waals surface area contributed by atoms with Crippen molar-refractivity contribution >= 4 is 29.1 Å². The second kappa shape index (κ2) is 7.69. The summed E-state index contributed by atoms with van der Waals surface area (Å²) < 4.78 is 38.3. The van der Waals surface area contributed by atoms with E-state index in [1.807, 2.05) is 13.8 Å². The van der Waals surface area contributed by atoms with Gasteiger partial charge in [-0.3, -0.25) is 4.79 Å². The van der Waals surface area contributed by atoms with Crippen LogP contribution in [-0.2, 0) is 6.18 Å². The van der Waals surface area contributed by atoms with Gasteiger partial charge in [-0.1, -0.05) is 11.6 Å². The van der Waals surface area contributed by atoms with Gasteiger partial charge in [0.2, 0.25) is 5.95 Å². The highest BCUT2D eigenvalue weighted by molar-refractivity contribution is 6.33. The molecule has 1 aromatic carbocycles. The monoisotopic (exact) mass is 372 g/mol. The maximum absolute atomic E-state index is 12.8. The van der Waals surface area contributed by atoms with Crippen molar-refractivity contribution < 1.29 is 18.0 Å². The third kappa shape index (κ3) is 4.60. The molecule has 0 fully saturated rings. The molecular formula is C16H16ClF3N4O. The number of alkyl halides is 3. The summed E-state index contributed by atoms with van der Waals surface area (Å²) in [4.78, 5) is 21.7. The van der Waals surface area contributed by atoms with Crippen LogP contribution >= 0.6 is 11.6 Å². The molecule has 1 heterocycles. The van der Waals surface area contributed by atoms with Crippen LogP contribution < -0.4 is 5.32 Å². The fourth-order valence-corrected chi connectivity index (χ4v) is 2.28. The van der Waals surface area contributed by atoms with E-state index in [1.165, 1.54) is 12.4 Å². The van der Waals surface area contributed by atoms with Crippen molar-refractivity contribution in [2.75, 3.05) is 18.4 Å². The molecule has 0 spiro atoms. The van der Waals surface area contributed by atoms with E-state index in [0.29, 0.717) is 18.7 Å². The Morgan fingerprint density at radius 1 is 1.20 bits per heavy atom. The number of hydrogen-bond acceptors (Lipinski definition) is 4. The van der Waals surface area contributed by atoms with Crippen molar-refractivity contribution in [3.63, 3.8) is 0 Å². The summed E-state index contributed by atoms with van der Waals surface area (Å²) >= 11 is 5.91. The summed E-state index contributed by atoms with van der Waals surface area (Å²) in [6, 6.07) is 2.91. The number of nitrogens with one attached hydrogen (secondary N) is 1. The number of benzene rings is 1. The average molecular weight is 373 g/mol. The van der Waals surface area contributed by atoms with Crippen LogP contribution in [0, 0.1) is 0 Å². The molecule has 2 rings (SSSR count). The smallest absolute Gasteiger partial charge is 0.339 e. The van der Waals surface area contributed by atoms with Gasteiger partial charge in [0.15, 0.2) is 0 Å². The van der Waals surface area contributed by atoms with Crippen molar-refractivity contribution in [2.24, 2.45) is 0 Å². The Kier molecular flexibility index (Phi) is 5.84. The van der Waals surface area contributed by atoms with E-state index in [2.05, 4.69) is 15.3 Å². The molecule has 1 N–H and O–H groups in total. The van der Waals surface area contributed by atoms with E-state index < -0.39 is 11.7 Å². The quantitative estimate of drug-likeness (QED) is 0.846. The molecule has 0 bridgehead atoms. The topological polar surface area (TPSA) is 58.1 Å². The fraction of sp³-hybridized carbons (Fsp3) is 0.312. The van der Waals surface area contributed by atoms with Crippen LogP contribution in [0.15, 0.2) is 30.6 Å². The van der Waals surface area contributed by atoms with Crippen molar-refractivity contribution in [1.29, 1.82) is 0 Å². The average Bonchev–Trinajstić information content (AvgIpc) is 2.57. The molecule has 9 heteroatoms. The molecule has 1 aromatic heterocycles. The Morgan fingerprint density at radius 3 is 2.32 bits per heavy atom. The summed E-state index contributed by atoms with van der Waals surface area (Å²) in [7, 11) is 0. The highest BCUT2D eigenvalue weighted by atomic mass is 35.5. The number of hydrogen-bond donors (Lipinski definition) is 1. The molecule has 0 radical (unpaired) electrons. The first-order valence-electron chi connectivity index (χ1n) is 7.51. The maximum Gasteiger partial charge on any atom is 0.416 e. The van der Waals surface area contributed by atoms with Crippen LogP contribution in [0.1, 0.15) is 29.8 Å². The van der Waals surface area contributed by atoms with Crippen LogP contribution in [0.3, 0.4) is 0 Å². The molecular weight excluding hydrogens is 357 g/mol. The molecule has 0 saturated heterocycles. The molecule has 0 aliphatic rings. The van der Waals surface area contributed by atoms with Crippen molar-refractivity contribution in [2.45, 2.75) is 20.0 Å². The minimum Gasteiger partial charge on any atom is -0.339 e. The molecule has 5 nitrogen and oxygen atoms in total. The zero-order valence-electron chi connectivity index (χ0n) is 13.6. The van der Waals surface area contributed by atoms with E-state index >= 15 is 0 Å². The van der Waals surface area contributed by atoms with Gasteiger partial charge in [-0.05, 0) is 32.0 Å². The fourth-order valence-electron chi connectivity index (χ4n) is 2.11. The Morgan fingerprint density at radius 2 is 1.80 bits per heavy atom. The lowest BCUT2D eigenvalue weighted by Gasteiger charge is -2.18. The second-order valence-electron chi connectivity index (χ2n) is 5.09. The van der Waals surface area contributed by atoms with Gasteiger partial charge >= 0.3 is 6.18 Å². The SMILES string of the molecule is CCN(CC)C(=O)c1cnc(Nc2cc(C(F)(F)F)ccc2Cl)nc1. The number of anilines is 2. The van der Waals surface area contributed by atoms with Crippen molar-refractivity contribution in [3.8, 4) is 0 Å². The van der Waals surface area contributed by atoms with Crippen LogP contribution in [-0.4, -0.2) is 33.9 Å². The number of rotatable bonds is 5. The lowest BCUT2D eigenvalue weighted by atomic mass is 10.2. The summed E-state index contributed by atoms with van der Waals surface area (Å²) in [6.07, 6.45) is -1.85. The molecule has 0 saturated carbocycles. The van der Waals surface area contributed by atoms with E-state index in [0.717, 1.165) is 18.2 Å². The van der Waals surface area contributed by atoms with Gasteiger partial charge in [0.1, 0.15) is 0 Å². The first-order chi connectivity index (χ1) is 11.8. The number of carbonyl (C=O) groups excluding carboxylic acids is 1. The Labute approximate surface area is 147 Å². The first-order valence-corrected chi connectivity index (χ1v) is 7.89. The van der Waals surface area contributed by atoms with Gasteiger partial charge in [0.25, 0.3) is 5.91 Å². The molecule has 0 aliphatic carbocycles. The van der Waals surface area contributed by atoms with Gasteiger partial charge in [0.05, 0.1) is 21.8 Å². The minimum atomic E-state index is -4.48. The van der Waals surface area contributed by atoms with E-state index in [1.54, 1.807) is 4.90 Å². The van der Waals surface area contributed by atoms with Crippen LogP contribution in [0.4, 0.5) is 24.8 Å². The van der Waals surface area contributed by atoms with Gasteiger partial charge in [-0.25, -0.2) is 9.97 Å². The molecule has 2 aromatic rings. The predicted octanol–water partition coefficient (Wildman–Crippen LogP) is 4.37. The maximum atomic E-state index is 12.8. The zero-order chi connectivity index (χ0) is 18.6. The minimum absolute atomic E-state index is 0.0271. The Balaban J connectivity index is 2.21. The molecule has 0 unspecified atom stereocenters. The normalized spacial score (nSPS) is 11.3. The van der Waals surface area contributed by atoms with Crippen LogP contribution in [0.25, 0.3) is 0 Å². The van der Waals surface area contributed by atoms with Crippen molar-refractivity contribution in [3.05, 3.63) is 46.7 Å². The number of aromatic nitrogens is 2.